The van der Waals surface area contributed by atoms with Crippen LogP contribution in [0.2, 0.25) is 18.1 Å². The number of Topliss-reactive ketones (excluding diaryl/α,β-unsaturated/α-hetero) is 1. The minimum atomic E-state index is -1.77. The zero-order valence-corrected chi connectivity index (χ0v) is 17.1. The fraction of sp³-hybridized carbons (Fsp3) is 0.750. The van der Waals surface area contributed by atoms with Crippen molar-refractivity contribution in [3.8, 4) is 0 Å². The molecular formula is C20H34O2Si. The summed E-state index contributed by atoms with van der Waals surface area (Å²) in [5.74, 6) is 0.844. The van der Waals surface area contributed by atoms with Gasteiger partial charge in [-0.25, -0.2) is 0 Å². The molecule has 0 aromatic carbocycles. The average Bonchev–Trinajstić information content (AvgIpc) is 2.73. The van der Waals surface area contributed by atoms with E-state index in [4.69, 9.17) is 4.43 Å². The molecule has 1 fully saturated rings. The standard InChI is InChI=1S/C20H34O2Si/c1-19(2,3)23(6,7)22-14-16-9-8-15-12-17(21)10-11-20(4,5)13-18(15)16/h13-15H,8-12H2,1-7H3/b16-14+,18-13+. The minimum absolute atomic E-state index is 0.101. The zero-order valence-electron chi connectivity index (χ0n) is 16.1. The van der Waals surface area contributed by atoms with Crippen LogP contribution in [-0.2, 0) is 9.22 Å². The highest BCUT2D eigenvalue weighted by molar-refractivity contribution is 6.74. The van der Waals surface area contributed by atoms with E-state index in [1.54, 1.807) is 0 Å². The molecule has 1 unspecified atom stereocenters. The van der Waals surface area contributed by atoms with Crippen molar-refractivity contribution in [3.05, 3.63) is 23.5 Å². The molecule has 0 aromatic heterocycles. The third-order valence-electron chi connectivity index (χ3n) is 5.94. The molecule has 0 amide bonds. The van der Waals surface area contributed by atoms with Crippen LogP contribution in [0.1, 0.15) is 66.7 Å². The summed E-state index contributed by atoms with van der Waals surface area (Å²) in [6, 6.07) is 0. The molecule has 2 aliphatic carbocycles. The van der Waals surface area contributed by atoms with Gasteiger partial charge in [-0.2, -0.15) is 0 Å². The van der Waals surface area contributed by atoms with Crippen molar-refractivity contribution in [1.29, 1.82) is 0 Å². The average molecular weight is 335 g/mol. The van der Waals surface area contributed by atoms with Crippen molar-refractivity contribution in [1.82, 2.24) is 0 Å². The molecular weight excluding hydrogens is 300 g/mol. The Balaban J connectivity index is 2.27. The van der Waals surface area contributed by atoms with Gasteiger partial charge in [0.05, 0.1) is 6.26 Å². The lowest BCUT2D eigenvalue weighted by Gasteiger charge is -2.35. The summed E-state index contributed by atoms with van der Waals surface area (Å²) in [5, 5.41) is 0.215. The molecule has 0 N–H and O–H groups in total. The van der Waals surface area contributed by atoms with Gasteiger partial charge in [0.25, 0.3) is 0 Å². The fourth-order valence-electron chi connectivity index (χ4n) is 3.17. The number of carbonyl (C=O) groups excluding carboxylic acids is 1. The topological polar surface area (TPSA) is 26.3 Å². The number of hydrogen-bond acceptors (Lipinski definition) is 2. The quantitative estimate of drug-likeness (QED) is 0.457. The number of ketones is 1. The second kappa shape index (κ2) is 6.23. The molecule has 3 heteroatoms. The van der Waals surface area contributed by atoms with Crippen LogP contribution in [0.5, 0.6) is 0 Å². The van der Waals surface area contributed by atoms with Gasteiger partial charge in [-0.1, -0.05) is 40.7 Å². The van der Waals surface area contributed by atoms with E-state index in [0.717, 1.165) is 32.1 Å². The van der Waals surface area contributed by atoms with Gasteiger partial charge >= 0.3 is 0 Å². The summed E-state index contributed by atoms with van der Waals surface area (Å²) in [6.45, 7) is 15.9. The molecule has 0 bridgehead atoms. The Morgan fingerprint density at radius 3 is 2.52 bits per heavy atom. The number of fused-ring (bicyclic) bond motifs is 1. The van der Waals surface area contributed by atoms with E-state index in [0.29, 0.717) is 11.7 Å². The Kier molecular flexibility index (Phi) is 5.01. The van der Waals surface area contributed by atoms with Gasteiger partial charge in [0.2, 0.25) is 8.32 Å². The summed E-state index contributed by atoms with van der Waals surface area (Å²) in [6.07, 6.45) is 9.03. The third kappa shape index (κ3) is 4.37. The van der Waals surface area contributed by atoms with Gasteiger partial charge in [-0.05, 0) is 59.9 Å². The summed E-state index contributed by atoms with van der Waals surface area (Å²) in [5.41, 5.74) is 2.83. The maximum Gasteiger partial charge on any atom is 0.249 e. The number of rotatable bonds is 2. The van der Waals surface area contributed by atoms with E-state index >= 15 is 0 Å². The molecule has 2 aliphatic rings. The Morgan fingerprint density at radius 2 is 1.91 bits per heavy atom. The van der Waals surface area contributed by atoms with Crippen molar-refractivity contribution >= 4 is 14.1 Å². The highest BCUT2D eigenvalue weighted by Crippen LogP contribution is 2.44. The minimum Gasteiger partial charge on any atom is -0.549 e. The Morgan fingerprint density at radius 1 is 1.26 bits per heavy atom. The first kappa shape index (κ1) is 18.5. The van der Waals surface area contributed by atoms with Crippen LogP contribution < -0.4 is 0 Å². The highest BCUT2D eigenvalue weighted by Gasteiger charge is 2.39. The van der Waals surface area contributed by atoms with Crippen LogP contribution in [0, 0.1) is 11.3 Å². The second-order valence-electron chi connectivity index (χ2n) is 9.59. The normalized spacial score (nSPS) is 29.5. The lowest BCUT2D eigenvalue weighted by molar-refractivity contribution is -0.120. The second-order valence-corrected chi connectivity index (χ2v) is 14.3. The molecule has 1 saturated carbocycles. The first-order valence-electron chi connectivity index (χ1n) is 9.03. The van der Waals surface area contributed by atoms with Crippen LogP contribution in [0.4, 0.5) is 0 Å². The smallest absolute Gasteiger partial charge is 0.249 e. The van der Waals surface area contributed by atoms with E-state index in [1.807, 2.05) is 6.26 Å². The first-order valence-corrected chi connectivity index (χ1v) is 11.9. The van der Waals surface area contributed by atoms with E-state index < -0.39 is 8.32 Å². The largest absolute Gasteiger partial charge is 0.549 e. The van der Waals surface area contributed by atoms with Crippen LogP contribution >= 0.6 is 0 Å². The molecule has 0 aromatic rings. The third-order valence-corrected chi connectivity index (χ3v) is 10.3. The van der Waals surface area contributed by atoms with Crippen molar-refractivity contribution in [2.45, 2.75) is 84.9 Å². The molecule has 130 valence electrons. The molecule has 0 radical (unpaired) electrons. The van der Waals surface area contributed by atoms with Gasteiger partial charge in [0.15, 0.2) is 0 Å². The molecule has 2 nitrogen and oxygen atoms in total. The van der Waals surface area contributed by atoms with Gasteiger partial charge in [0, 0.05) is 12.8 Å². The van der Waals surface area contributed by atoms with E-state index in [-0.39, 0.29) is 10.5 Å². The predicted octanol–water partition coefficient (Wildman–Crippen LogP) is 6.01. The molecule has 0 aliphatic heterocycles. The summed E-state index contributed by atoms with van der Waals surface area (Å²) >= 11 is 0. The molecule has 23 heavy (non-hydrogen) atoms. The molecule has 0 spiro atoms. The van der Waals surface area contributed by atoms with E-state index in [2.05, 4.69) is 53.8 Å². The SMILES string of the molecule is CC1(C)/C=C2/C(=C/O[Si](C)(C)C(C)(C)C)CCC2CC(=O)CC1. The van der Waals surface area contributed by atoms with Crippen LogP contribution in [0.15, 0.2) is 23.5 Å². The summed E-state index contributed by atoms with van der Waals surface area (Å²) in [4.78, 5) is 12.2. The Bertz CT molecular complexity index is 532. The Hall–Kier alpha value is -0.833. The maximum atomic E-state index is 12.2. The predicted molar refractivity (Wildman–Crippen MR) is 99.8 cm³/mol. The van der Waals surface area contributed by atoms with Gasteiger partial charge in [-0.3, -0.25) is 4.79 Å². The van der Waals surface area contributed by atoms with Crippen molar-refractivity contribution < 1.29 is 9.22 Å². The van der Waals surface area contributed by atoms with Gasteiger partial charge in [-0.15, -0.1) is 0 Å². The zero-order chi connectivity index (χ0) is 17.5. The van der Waals surface area contributed by atoms with E-state index in [9.17, 15) is 4.79 Å². The lowest BCUT2D eigenvalue weighted by atomic mass is 9.78. The molecule has 0 heterocycles. The van der Waals surface area contributed by atoms with Gasteiger partial charge < -0.3 is 4.43 Å². The molecule has 2 rings (SSSR count). The van der Waals surface area contributed by atoms with Crippen LogP contribution in [0.25, 0.3) is 0 Å². The number of allylic oxidation sites excluding steroid dienone is 3. The number of hydrogen-bond donors (Lipinski definition) is 0. The highest BCUT2D eigenvalue weighted by atomic mass is 28.4. The van der Waals surface area contributed by atoms with E-state index in [1.165, 1.54) is 11.1 Å². The van der Waals surface area contributed by atoms with Crippen molar-refractivity contribution in [2.24, 2.45) is 11.3 Å². The number of carbonyl (C=O) groups is 1. The fourth-order valence-corrected chi connectivity index (χ4v) is 3.96. The van der Waals surface area contributed by atoms with Crippen LogP contribution in [-0.4, -0.2) is 14.1 Å². The van der Waals surface area contributed by atoms with Crippen molar-refractivity contribution in [2.75, 3.05) is 0 Å². The molecule has 1 atom stereocenters. The summed E-state index contributed by atoms with van der Waals surface area (Å²) in [7, 11) is -1.77. The van der Waals surface area contributed by atoms with Crippen LogP contribution in [0.3, 0.4) is 0 Å². The lowest BCUT2D eigenvalue weighted by Crippen LogP contribution is -2.39. The molecule has 0 saturated heterocycles. The first-order chi connectivity index (χ1) is 10.4. The maximum absolute atomic E-state index is 12.2. The van der Waals surface area contributed by atoms with Gasteiger partial charge in [0.1, 0.15) is 5.78 Å². The Labute approximate surface area is 143 Å². The monoisotopic (exact) mass is 334 g/mol. The summed E-state index contributed by atoms with van der Waals surface area (Å²) < 4.78 is 6.34. The van der Waals surface area contributed by atoms with Crippen molar-refractivity contribution in [3.63, 3.8) is 0 Å².